The standard InChI is InChI=1S/C14H25NO2/c1-3-11-7-5-6-8-14(11)10-15-9-12(14)13(16)17-4-2/h11-12,15H,3-10H2,1-2H3. The Morgan fingerprint density at radius 2 is 2.24 bits per heavy atom. The number of esters is 1. The fraction of sp³-hybridized carbons (Fsp3) is 0.929. The van der Waals surface area contributed by atoms with E-state index in [1.165, 1.54) is 32.1 Å². The minimum absolute atomic E-state index is 0.0258. The molecule has 2 rings (SSSR count). The second-order valence-electron chi connectivity index (χ2n) is 5.52. The van der Waals surface area contributed by atoms with E-state index in [0.29, 0.717) is 12.5 Å². The first-order valence-corrected chi connectivity index (χ1v) is 7.12. The molecule has 3 heteroatoms. The van der Waals surface area contributed by atoms with Crippen LogP contribution in [0.5, 0.6) is 0 Å². The van der Waals surface area contributed by atoms with E-state index in [-0.39, 0.29) is 17.3 Å². The number of nitrogens with one attached hydrogen (secondary N) is 1. The van der Waals surface area contributed by atoms with Crippen molar-refractivity contribution in [2.75, 3.05) is 19.7 Å². The van der Waals surface area contributed by atoms with Crippen molar-refractivity contribution in [1.82, 2.24) is 5.32 Å². The van der Waals surface area contributed by atoms with Gasteiger partial charge in [-0.1, -0.05) is 26.2 Å². The number of ether oxygens (including phenoxy) is 1. The number of hydrogen-bond donors (Lipinski definition) is 1. The molecule has 3 atom stereocenters. The zero-order valence-corrected chi connectivity index (χ0v) is 11.1. The Hall–Kier alpha value is -0.570. The Balaban J connectivity index is 2.17. The largest absolute Gasteiger partial charge is 0.466 e. The summed E-state index contributed by atoms with van der Waals surface area (Å²) in [5.74, 6) is 0.811. The lowest BCUT2D eigenvalue weighted by Crippen LogP contribution is -2.44. The van der Waals surface area contributed by atoms with Crippen molar-refractivity contribution in [2.24, 2.45) is 17.3 Å². The van der Waals surface area contributed by atoms with Crippen LogP contribution in [-0.4, -0.2) is 25.7 Å². The van der Waals surface area contributed by atoms with Gasteiger partial charge in [-0.15, -0.1) is 0 Å². The molecular weight excluding hydrogens is 214 g/mol. The molecule has 1 saturated heterocycles. The molecule has 1 aliphatic carbocycles. The molecule has 1 N–H and O–H groups in total. The Labute approximate surface area is 104 Å². The lowest BCUT2D eigenvalue weighted by atomic mass is 9.60. The fourth-order valence-electron chi connectivity index (χ4n) is 3.98. The smallest absolute Gasteiger partial charge is 0.310 e. The highest BCUT2D eigenvalue weighted by molar-refractivity contribution is 5.74. The van der Waals surface area contributed by atoms with Gasteiger partial charge < -0.3 is 10.1 Å². The summed E-state index contributed by atoms with van der Waals surface area (Å²) in [5, 5.41) is 3.44. The molecule has 3 unspecified atom stereocenters. The third kappa shape index (κ3) is 2.22. The average molecular weight is 239 g/mol. The molecule has 2 aliphatic rings. The van der Waals surface area contributed by atoms with Gasteiger partial charge in [0.05, 0.1) is 12.5 Å². The summed E-state index contributed by atoms with van der Waals surface area (Å²) in [7, 11) is 0. The van der Waals surface area contributed by atoms with Crippen LogP contribution >= 0.6 is 0 Å². The highest BCUT2D eigenvalue weighted by Gasteiger charge is 2.52. The van der Waals surface area contributed by atoms with Gasteiger partial charge in [-0.25, -0.2) is 0 Å². The first-order valence-electron chi connectivity index (χ1n) is 7.12. The number of carbonyl (C=O) groups excluding carboxylic acids is 1. The quantitative estimate of drug-likeness (QED) is 0.768. The number of hydrogen-bond acceptors (Lipinski definition) is 3. The van der Waals surface area contributed by atoms with Crippen molar-refractivity contribution in [3.8, 4) is 0 Å². The molecule has 0 aromatic heterocycles. The third-order valence-electron chi connectivity index (χ3n) is 4.82. The molecule has 1 spiro atoms. The molecule has 0 radical (unpaired) electrons. The van der Waals surface area contributed by atoms with E-state index in [2.05, 4.69) is 12.2 Å². The molecule has 17 heavy (non-hydrogen) atoms. The van der Waals surface area contributed by atoms with Crippen molar-refractivity contribution in [3.05, 3.63) is 0 Å². The average Bonchev–Trinajstić information content (AvgIpc) is 2.74. The molecule has 1 heterocycles. The fourth-order valence-corrected chi connectivity index (χ4v) is 3.98. The van der Waals surface area contributed by atoms with Crippen LogP contribution in [-0.2, 0) is 9.53 Å². The predicted molar refractivity (Wildman–Crippen MR) is 67.7 cm³/mol. The summed E-state index contributed by atoms with van der Waals surface area (Å²) in [5.41, 5.74) is 0.194. The Kier molecular flexibility index (Phi) is 4.08. The van der Waals surface area contributed by atoms with Gasteiger partial charge in [0.25, 0.3) is 0 Å². The molecule has 3 nitrogen and oxygen atoms in total. The topological polar surface area (TPSA) is 38.3 Å². The van der Waals surface area contributed by atoms with Crippen LogP contribution in [0.3, 0.4) is 0 Å². The number of carbonyl (C=O) groups is 1. The molecular formula is C14H25NO2. The van der Waals surface area contributed by atoms with E-state index in [4.69, 9.17) is 4.74 Å². The van der Waals surface area contributed by atoms with Gasteiger partial charge in [-0.2, -0.15) is 0 Å². The minimum Gasteiger partial charge on any atom is -0.466 e. The maximum absolute atomic E-state index is 12.1. The van der Waals surface area contributed by atoms with Crippen molar-refractivity contribution in [1.29, 1.82) is 0 Å². The monoisotopic (exact) mass is 239 g/mol. The SMILES string of the molecule is CCOC(=O)C1CNCC12CCCCC2CC. The molecule has 98 valence electrons. The maximum Gasteiger partial charge on any atom is 0.310 e. The van der Waals surface area contributed by atoms with Crippen molar-refractivity contribution in [3.63, 3.8) is 0 Å². The summed E-state index contributed by atoms with van der Waals surface area (Å²) in [6.45, 7) is 6.48. The van der Waals surface area contributed by atoms with Crippen LogP contribution in [0.4, 0.5) is 0 Å². The highest BCUT2D eigenvalue weighted by atomic mass is 16.5. The van der Waals surface area contributed by atoms with Gasteiger partial charge in [0.15, 0.2) is 0 Å². The molecule has 0 aromatic carbocycles. The molecule has 2 fully saturated rings. The molecule has 0 bridgehead atoms. The first-order chi connectivity index (χ1) is 8.24. The lowest BCUT2D eigenvalue weighted by molar-refractivity contribution is -0.153. The van der Waals surface area contributed by atoms with E-state index in [1.54, 1.807) is 0 Å². The van der Waals surface area contributed by atoms with E-state index < -0.39 is 0 Å². The van der Waals surface area contributed by atoms with Gasteiger partial charge in [0.1, 0.15) is 0 Å². The Morgan fingerprint density at radius 3 is 2.94 bits per heavy atom. The third-order valence-corrected chi connectivity index (χ3v) is 4.82. The minimum atomic E-state index is 0.0258. The van der Waals surface area contributed by atoms with Gasteiger partial charge in [0.2, 0.25) is 0 Å². The van der Waals surface area contributed by atoms with Crippen LogP contribution in [0.2, 0.25) is 0 Å². The summed E-state index contributed by atoms with van der Waals surface area (Å²) >= 11 is 0. The lowest BCUT2D eigenvalue weighted by Gasteiger charge is -2.44. The normalized spacial score (nSPS) is 37.3. The summed E-state index contributed by atoms with van der Waals surface area (Å²) < 4.78 is 5.27. The van der Waals surface area contributed by atoms with Gasteiger partial charge in [0, 0.05) is 18.5 Å². The van der Waals surface area contributed by atoms with E-state index >= 15 is 0 Å². The van der Waals surface area contributed by atoms with Crippen LogP contribution in [0.25, 0.3) is 0 Å². The van der Waals surface area contributed by atoms with E-state index in [1.807, 2.05) is 6.92 Å². The van der Waals surface area contributed by atoms with Crippen LogP contribution in [0.15, 0.2) is 0 Å². The maximum atomic E-state index is 12.1. The second-order valence-corrected chi connectivity index (χ2v) is 5.52. The van der Waals surface area contributed by atoms with Crippen molar-refractivity contribution in [2.45, 2.75) is 46.0 Å². The second kappa shape index (κ2) is 5.38. The highest BCUT2D eigenvalue weighted by Crippen LogP contribution is 2.50. The van der Waals surface area contributed by atoms with Gasteiger partial charge in [-0.05, 0) is 25.7 Å². The van der Waals surface area contributed by atoms with Crippen LogP contribution in [0.1, 0.15) is 46.0 Å². The Bertz CT molecular complexity index is 279. The number of rotatable bonds is 3. The molecule has 0 amide bonds. The zero-order chi connectivity index (χ0) is 12.3. The van der Waals surface area contributed by atoms with Gasteiger partial charge >= 0.3 is 5.97 Å². The van der Waals surface area contributed by atoms with E-state index in [0.717, 1.165) is 13.1 Å². The van der Waals surface area contributed by atoms with Crippen LogP contribution < -0.4 is 5.32 Å². The van der Waals surface area contributed by atoms with Crippen molar-refractivity contribution < 1.29 is 9.53 Å². The summed E-state index contributed by atoms with van der Waals surface area (Å²) in [6, 6.07) is 0. The molecule has 0 aromatic rings. The zero-order valence-electron chi connectivity index (χ0n) is 11.1. The van der Waals surface area contributed by atoms with E-state index in [9.17, 15) is 4.79 Å². The first kappa shape index (κ1) is 12.9. The molecule has 1 saturated carbocycles. The van der Waals surface area contributed by atoms with Crippen molar-refractivity contribution >= 4 is 5.97 Å². The van der Waals surface area contributed by atoms with Gasteiger partial charge in [-0.3, -0.25) is 4.79 Å². The summed E-state index contributed by atoms with van der Waals surface area (Å²) in [4.78, 5) is 12.1. The summed E-state index contributed by atoms with van der Waals surface area (Å²) in [6.07, 6.45) is 6.28. The molecule has 1 aliphatic heterocycles. The predicted octanol–water partition coefficient (Wildman–Crippen LogP) is 2.36. The Morgan fingerprint density at radius 1 is 1.41 bits per heavy atom. The van der Waals surface area contributed by atoms with Crippen LogP contribution in [0, 0.1) is 17.3 Å².